The fourth-order valence-corrected chi connectivity index (χ4v) is 7.20. The van der Waals surface area contributed by atoms with Gasteiger partial charge in [0.2, 0.25) is 11.3 Å². The van der Waals surface area contributed by atoms with Crippen LogP contribution >= 0.6 is 0 Å². The number of hydrogen-bond donors (Lipinski definition) is 6. The van der Waals surface area contributed by atoms with Gasteiger partial charge in [0.05, 0.1) is 22.9 Å². The maximum absolute atomic E-state index is 15.3. The van der Waals surface area contributed by atoms with Gasteiger partial charge in [0.15, 0.2) is 0 Å². The molecule has 3 aromatic carbocycles. The van der Waals surface area contributed by atoms with Crippen LogP contribution in [-0.4, -0.2) is 88.5 Å². The van der Waals surface area contributed by atoms with Crippen LogP contribution in [0.2, 0.25) is 0 Å². The summed E-state index contributed by atoms with van der Waals surface area (Å²) in [6.45, 7) is 7.75. The van der Waals surface area contributed by atoms with E-state index in [1.807, 2.05) is 44.2 Å². The first-order valence-electron chi connectivity index (χ1n) is 20.2. The van der Waals surface area contributed by atoms with Crippen molar-refractivity contribution >= 4 is 46.3 Å². The van der Waals surface area contributed by atoms with E-state index in [9.17, 15) is 29.1 Å². The fraction of sp³-hybridized carbons (Fsp3) is 0.372. The number of carbonyl (C=O) groups excluding carboxylic acids is 3. The number of rotatable bonds is 16. The highest BCUT2D eigenvalue weighted by Crippen LogP contribution is 2.27. The molecule has 1 aromatic heterocycles. The second-order valence-electron chi connectivity index (χ2n) is 15.1. The molecule has 7 N–H and O–H groups in total. The molecule has 17 nitrogen and oxygen atoms in total. The van der Waals surface area contributed by atoms with Crippen molar-refractivity contribution in [3.05, 3.63) is 118 Å². The zero-order valence-corrected chi connectivity index (χ0v) is 34.4. The Hall–Kier alpha value is -6.66. The third-order valence-corrected chi connectivity index (χ3v) is 10.6. The number of fused-ring (bicyclic) bond motifs is 1. The molecule has 3 amide bonds. The van der Waals surface area contributed by atoms with Crippen LogP contribution in [0.15, 0.2) is 89.6 Å². The van der Waals surface area contributed by atoms with Crippen molar-refractivity contribution in [1.29, 1.82) is 0 Å². The number of aromatic nitrogens is 1. The van der Waals surface area contributed by atoms with Crippen LogP contribution < -0.4 is 37.7 Å². The number of hydrogen-bond acceptors (Lipinski definition) is 12. The van der Waals surface area contributed by atoms with Gasteiger partial charge in [-0.1, -0.05) is 56.3 Å². The number of nitrogens with zero attached hydrogens (tertiary/aromatic N) is 4. The number of carboxylic acids is 1. The van der Waals surface area contributed by atoms with Crippen molar-refractivity contribution in [1.82, 2.24) is 30.8 Å². The summed E-state index contributed by atoms with van der Waals surface area (Å²) in [4.78, 5) is 67.0. The van der Waals surface area contributed by atoms with E-state index in [-0.39, 0.29) is 49.2 Å². The predicted molar refractivity (Wildman–Crippen MR) is 227 cm³/mol. The van der Waals surface area contributed by atoms with Crippen molar-refractivity contribution < 1.29 is 38.1 Å². The summed E-state index contributed by atoms with van der Waals surface area (Å²) in [5.41, 5.74) is 14.2. The van der Waals surface area contributed by atoms with E-state index in [0.717, 1.165) is 11.6 Å². The molecule has 4 aromatic rings. The van der Waals surface area contributed by atoms with Gasteiger partial charge in [0, 0.05) is 56.2 Å². The summed E-state index contributed by atoms with van der Waals surface area (Å²) in [6, 6.07) is 17.8. The molecule has 0 bridgehead atoms. The molecular weight excluding hydrogens is 790 g/mol. The summed E-state index contributed by atoms with van der Waals surface area (Å²) in [5, 5.41) is 16.9. The smallest absolute Gasteiger partial charge is 0.410 e. The topological polar surface area (TPSA) is 213 Å². The first-order chi connectivity index (χ1) is 29.4. The van der Waals surface area contributed by atoms with Gasteiger partial charge >= 0.3 is 18.2 Å². The van der Waals surface area contributed by atoms with Crippen molar-refractivity contribution in [2.24, 2.45) is 11.7 Å². The number of carbonyl (C=O) groups is 4. The molecule has 0 saturated carbocycles. The number of halogens is 1. The Morgan fingerprint density at radius 2 is 1.64 bits per heavy atom. The Bertz CT molecular complexity index is 2300. The number of aryl methyl sites for hydroxylation is 1. The van der Waals surface area contributed by atoms with E-state index < -0.39 is 47.0 Å². The first kappa shape index (κ1) is 43.9. The van der Waals surface area contributed by atoms with Crippen molar-refractivity contribution in [3.8, 4) is 0 Å². The van der Waals surface area contributed by atoms with E-state index in [4.69, 9.17) is 15.2 Å². The third kappa shape index (κ3) is 10.8. The standard InChI is InChI=1S/C43H52FN9O8/c1-4-50-23-32(41(56)57)39(54)31-21-33(44)37(22-36(31)50)51-17-19-52(20-18-51)43(59)61-26-29-12-14-30(15-13-29)46-40(55)35(11-8-16-45)53-24-34(48-49-53)38(27(2)3)47-42(58)60-25-28-9-6-5-7-10-28/h5-7,9-10,12-15,21-24,27,35,38,48-49H,4,8,11,16-20,25-26,45H2,1-3H3,(H,46,55)(H,47,58)(H,56,57)/t35-,38-/m0/s1. The van der Waals surface area contributed by atoms with Crippen LogP contribution in [0, 0.1) is 11.7 Å². The summed E-state index contributed by atoms with van der Waals surface area (Å²) >= 11 is 0. The molecule has 18 heteroatoms. The lowest BCUT2D eigenvalue weighted by molar-refractivity contribution is -0.121. The highest BCUT2D eigenvalue weighted by atomic mass is 19.1. The Balaban J connectivity index is 1.00. The lowest BCUT2D eigenvalue weighted by atomic mass is 10.0. The minimum Gasteiger partial charge on any atom is -0.477 e. The maximum atomic E-state index is 15.3. The lowest BCUT2D eigenvalue weighted by Gasteiger charge is -2.35. The number of nitrogens with two attached hydrogens (primary N) is 1. The molecule has 324 valence electrons. The highest BCUT2D eigenvalue weighted by Gasteiger charge is 2.32. The van der Waals surface area contributed by atoms with Crippen LogP contribution in [0.1, 0.15) is 55.1 Å². The van der Waals surface area contributed by atoms with Crippen molar-refractivity contribution in [2.45, 2.75) is 65.5 Å². The molecule has 61 heavy (non-hydrogen) atoms. The van der Waals surface area contributed by atoms with E-state index in [0.29, 0.717) is 61.5 Å². The molecule has 0 radical (unpaired) electrons. The second kappa shape index (κ2) is 20.1. The zero-order valence-electron chi connectivity index (χ0n) is 34.4. The van der Waals surface area contributed by atoms with Crippen LogP contribution in [-0.2, 0) is 34.0 Å². The normalized spacial score (nSPS) is 14.9. The largest absolute Gasteiger partial charge is 0.477 e. The summed E-state index contributed by atoms with van der Waals surface area (Å²) in [5.74, 6) is -2.33. The monoisotopic (exact) mass is 841 g/mol. The molecule has 1 saturated heterocycles. The zero-order chi connectivity index (χ0) is 43.6. The van der Waals surface area contributed by atoms with Gasteiger partial charge < -0.3 is 50.7 Å². The number of amides is 3. The Morgan fingerprint density at radius 3 is 2.30 bits per heavy atom. The molecule has 2 aliphatic heterocycles. The Kier molecular flexibility index (Phi) is 14.4. The van der Waals surface area contributed by atoms with E-state index in [2.05, 4.69) is 21.6 Å². The van der Waals surface area contributed by atoms with Crippen LogP contribution in [0.4, 0.5) is 25.4 Å². The maximum Gasteiger partial charge on any atom is 0.410 e. The summed E-state index contributed by atoms with van der Waals surface area (Å²) in [7, 11) is 0. The molecule has 1 fully saturated rings. The third-order valence-electron chi connectivity index (χ3n) is 10.6. The van der Waals surface area contributed by atoms with Gasteiger partial charge in [-0.05, 0) is 67.6 Å². The quantitative estimate of drug-likeness (QED) is 0.0920. The van der Waals surface area contributed by atoms with Gasteiger partial charge in [-0.3, -0.25) is 14.6 Å². The molecule has 0 unspecified atom stereocenters. The Morgan fingerprint density at radius 1 is 0.951 bits per heavy atom. The molecule has 0 aliphatic carbocycles. The average molecular weight is 842 g/mol. The van der Waals surface area contributed by atoms with Crippen LogP contribution in [0.25, 0.3) is 10.9 Å². The summed E-state index contributed by atoms with van der Waals surface area (Å²) < 4.78 is 28.0. The number of nitrogens with one attached hydrogen (secondary N) is 4. The van der Waals surface area contributed by atoms with Gasteiger partial charge in [-0.15, -0.1) is 5.53 Å². The molecule has 3 heterocycles. The molecule has 2 atom stereocenters. The SMILES string of the molecule is CCn1cc(C(=O)O)c(=O)c2cc(F)c(N3CCN(C(=O)OCc4ccc(NC(=O)[C@H](CCCN)N5C=C([C@@H](NC(=O)OCc6ccccc6)C(C)C)NN5)cc4)CC3)cc21. The van der Waals surface area contributed by atoms with Crippen molar-refractivity contribution in [3.63, 3.8) is 0 Å². The highest BCUT2D eigenvalue weighted by molar-refractivity contribution is 5.95. The van der Waals surface area contributed by atoms with Crippen LogP contribution in [0.5, 0.6) is 0 Å². The number of benzene rings is 3. The predicted octanol–water partition coefficient (Wildman–Crippen LogP) is 4.48. The number of ether oxygens (including phenoxy) is 2. The number of pyridine rings is 1. The van der Waals surface area contributed by atoms with E-state index in [1.54, 1.807) is 57.9 Å². The minimum absolute atomic E-state index is 0.0123. The average Bonchev–Trinajstić information content (AvgIpc) is 3.74. The number of aromatic carboxylic acids is 1. The number of hydrazine groups is 2. The molecule has 2 aliphatic rings. The fourth-order valence-electron chi connectivity index (χ4n) is 7.20. The van der Waals surface area contributed by atoms with Crippen LogP contribution in [0.3, 0.4) is 0 Å². The van der Waals surface area contributed by atoms with E-state index >= 15 is 4.39 Å². The first-order valence-corrected chi connectivity index (χ1v) is 20.2. The number of carboxylic acid groups (broad SMARTS) is 1. The van der Waals surface area contributed by atoms with Gasteiger partial charge in [0.25, 0.3) is 0 Å². The van der Waals surface area contributed by atoms with Gasteiger partial charge in [0.1, 0.15) is 30.6 Å². The Labute approximate surface area is 352 Å². The lowest BCUT2D eigenvalue weighted by Crippen LogP contribution is -2.50. The van der Waals surface area contributed by atoms with Gasteiger partial charge in [-0.2, -0.15) is 0 Å². The number of anilines is 2. The van der Waals surface area contributed by atoms with Crippen molar-refractivity contribution in [2.75, 3.05) is 42.9 Å². The summed E-state index contributed by atoms with van der Waals surface area (Å²) in [6.07, 6.45) is 2.95. The molecule has 6 rings (SSSR count). The van der Waals surface area contributed by atoms with Gasteiger partial charge in [-0.25, -0.2) is 18.8 Å². The number of piperazine rings is 1. The molecule has 0 spiro atoms. The van der Waals surface area contributed by atoms with E-state index in [1.165, 1.54) is 11.1 Å². The second-order valence-corrected chi connectivity index (χ2v) is 15.1. The number of alkyl carbamates (subject to hydrolysis) is 1. The molecular formula is C43H52FN9O8. The minimum atomic E-state index is -1.38.